The largest absolute Gasteiger partial charge is 0.466 e. The van der Waals surface area contributed by atoms with Gasteiger partial charge in [-0.3, -0.25) is 19.2 Å². The molecule has 130 valence electrons. The highest BCUT2D eigenvalue weighted by atomic mass is 16.6. The molecule has 0 radical (unpaired) electrons. The Morgan fingerprint density at radius 3 is 1.78 bits per heavy atom. The molecule has 8 heteroatoms. The van der Waals surface area contributed by atoms with Gasteiger partial charge in [-0.05, 0) is 12.8 Å². The van der Waals surface area contributed by atoms with Gasteiger partial charge in [0, 0.05) is 33.6 Å². The van der Waals surface area contributed by atoms with Crippen LogP contribution < -0.4 is 0 Å². The zero-order valence-electron chi connectivity index (χ0n) is 13.7. The van der Waals surface area contributed by atoms with Gasteiger partial charge in [0.15, 0.2) is 6.10 Å². The zero-order valence-corrected chi connectivity index (χ0v) is 13.7. The van der Waals surface area contributed by atoms with Crippen LogP contribution in [0.25, 0.3) is 0 Å². The van der Waals surface area contributed by atoms with E-state index < -0.39 is 42.2 Å². The summed E-state index contributed by atoms with van der Waals surface area (Å²) in [5, 5.41) is 0. The van der Waals surface area contributed by atoms with E-state index in [9.17, 15) is 19.2 Å². The lowest BCUT2D eigenvalue weighted by molar-refractivity contribution is -0.175. The maximum absolute atomic E-state index is 11.3. The zero-order chi connectivity index (χ0) is 17.6. The quantitative estimate of drug-likeness (QED) is 0.519. The third-order valence-electron chi connectivity index (χ3n) is 3.41. The molecule has 0 N–H and O–H groups in total. The minimum Gasteiger partial charge on any atom is -0.466 e. The number of rotatable bonds is 6. The molecule has 0 spiro atoms. The molecule has 0 aromatic heterocycles. The van der Waals surface area contributed by atoms with Gasteiger partial charge in [-0.15, -0.1) is 0 Å². The molecule has 1 rings (SSSR count). The molecule has 0 saturated heterocycles. The van der Waals surface area contributed by atoms with E-state index in [0.717, 1.165) is 0 Å². The summed E-state index contributed by atoms with van der Waals surface area (Å²) < 4.78 is 20.5. The van der Waals surface area contributed by atoms with Gasteiger partial charge in [0.25, 0.3) is 0 Å². The Labute approximate surface area is 134 Å². The summed E-state index contributed by atoms with van der Waals surface area (Å²) in [6.45, 7) is 5.14. The fourth-order valence-electron chi connectivity index (χ4n) is 2.70. The van der Waals surface area contributed by atoms with Gasteiger partial charge in [0.05, 0.1) is 6.61 Å². The Kier molecular flexibility index (Phi) is 6.99. The number of hydrogen-bond acceptors (Lipinski definition) is 8. The van der Waals surface area contributed by atoms with Crippen molar-refractivity contribution >= 4 is 23.9 Å². The molecule has 0 heterocycles. The van der Waals surface area contributed by atoms with Crippen LogP contribution >= 0.6 is 0 Å². The van der Waals surface area contributed by atoms with E-state index in [1.54, 1.807) is 0 Å². The lowest BCUT2D eigenvalue weighted by Gasteiger charge is -2.25. The van der Waals surface area contributed by atoms with Crippen LogP contribution in [-0.2, 0) is 38.1 Å². The van der Waals surface area contributed by atoms with E-state index in [2.05, 4.69) is 0 Å². The first-order valence-corrected chi connectivity index (χ1v) is 7.35. The second-order valence-corrected chi connectivity index (χ2v) is 5.42. The van der Waals surface area contributed by atoms with Crippen LogP contribution in [0.5, 0.6) is 0 Å². The van der Waals surface area contributed by atoms with Crippen LogP contribution in [0, 0.1) is 5.92 Å². The standard InChI is InChI=1S/C15H22O8/c1-8(16)20-6-5-12-7-13(21-9(2)17)15(23-11(4)19)14(12)22-10(3)18/h12-15H,5-7H2,1-4H3/t12-,13+,14-,15-/m1/s1. The van der Waals surface area contributed by atoms with E-state index in [4.69, 9.17) is 18.9 Å². The normalized spacial score (nSPS) is 26.3. The fraction of sp³-hybridized carbons (Fsp3) is 0.733. The Balaban J connectivity index is 2.88. The van der Waals surface area contributed by atoms with Crippen molar-refractivity contribution in [3.63, 3.8) is 0 Å². The maximum Gasteiger partial charge on any atom is 0.303 e. The molecule has 23 heavy (non-hydrogen) atoms. The van der Waals surface area contributed by atoms with Gasteiger partial charge in [-0.2, -0.15) is 0 Å². The van der Waals surface area contributed by atoms with Crippen LogP contribution in [0.15, 0.2) is 0 Å². The van der Waals surface area contributed by atoms with Crippen molar-refractivity contribution < 1.29 is 38.1 Å². The molecule has 8 nitrogen and oxygen atoms in total. The SMILES string of the molecule is CC(=O)OCC[C@@H]1C[C@H](OC(C)=O)[C@@H](OC(C)=O)[C@@H]1OC(C)=O. The fourth-order valence-corrected chi connectivity index (χ4v) is 2.70. The highest BCUT2D eigenvalue weighted by molar-refractivity contribution is 5.68. The average molecular weight is 330 g/mol. The highest BCUT2D eigenvalue weighted by Gasteiger charge is 2.49. The Morgan fingerprint density at radius 1 is 0.783 bits per heavy atom. The number of ether oxygens (including phenoxy) is 4. The molecule has 0 aromatic carbocycles. The van der Waals surface area contributed by atoms with Crippen molar-refractivity contribution in [3.8, 4) is 0 Å². The van der Waals surface area contributed by atoms with Crippen LogP contribution in [0.1, 0.15) is 40.5 Å². The van der Waals surface area contributed by atoms with E-state index >= 15 is 0 Å². The second-order valence-electron chi connectivity index (χ2n) is 5.42. The van der Waals surface area contributed by atoms with Gasteiger partial charge >= 0.3 is 23.9 Å². The summed E-state index contributed by atoms with van der Waals surface area (Å²) in [5.74, 6) is -2.29. The highest BCUT2D eigenvalue weighted by Crippen LogP contribution is 2.36. The minimum absolute atomic E-state index is 0.136. The van der Waals surface area contributed by atoms with E-state index in [1.165, 1.54) is 27.7 Å². The molecule has 0 aromatic rings. The van der Waals surface area contributed by atoms with Crippen molar-refractivity contribution in [2.24, 2.45) is 5.92 Å². The summed E-state index contributed by atoms with van der Waals surface area (Å²) in [7, 11) is 0. The lowest BCUT2D eigenvalue weighted by Crippen LogP contribution is -2.40. The predicted molar refractivity (Wildman–Crippen MR) is 76.0 cm³/mol. The summed E-state index contributed by atoms with van der Waals surface area (Å²) in [6, 6.07) is 0. The molecular formula is C15H22O8. The number of hydrogen-bond donors (Lipinski definition) is 0. The monoisotopic (exact) mass is 330 g/mol. The molecule has 1 fully saturated rings. The van der Waals surface area contributed by atoms with Crippen molar-refractivity contribution in [2.45, 2.75) is 58.8 Å². The first-order chi connectivity index (χ1) is 10.7. The predicted octanol–water partition coefficient (Wildman–Crippen LogP) is 0.755. The molecular weight excluding hydrogens is 308 g/mol. The van der Waals surface area contributed by atoms with Crippen LogP contribution in [0.2, 0.25) is 0 Å². The Morgan fingerprint density at radius 2 is 1.30 bits per heavy atom. The first kappa shape index (κ1) is 18.9. The minimum atomic E-state index is -0.873. The summed E-state index contributed by atoms with van der Waals surface area (Å²) in [4.78, 5) is 44.7. The van der Waals surface area contributed by atoms with Crippen LogP contribution in [-0.4, -0.2) is 48.8 Å². The van der Waals surface area contributed by atoms with Crippen molar-refractivity contribution in [1.29, 1.82) is 0 Å². The van der Waals surface area contributed by atoms with E-state index in [1.807, 2.05) is 0 Å². The van der Waals surface area contributed by atoms with Gasteiger partial charge in [0.2, 0.25) is 0 Å². The molecule has 0 bridgehead atoms. The number of carbonyl (C=O) groups is 4. The van der Waals surface area contributed by atoms with Crippen molar-refractivity contribution in [1.82, 2.24) is 0 Å². The number of esters is 4. The molecule has 1 saturated carbocycles. The lowest BCUT2D eigenvalue weighted by atomic mass is 10.0. The van der Waals surface area contributed by atoms with Crippen molar-refractivity contribution in [2.75, 3.05) is 6.61 Å². The first-order valence-electron chi connectivity index (χ1n) is 7.35. The third kappa shape index (κ3) is 6.25. The third-order valence-corrected chi connectivity index (χ3v) is 3.41. The summed E-state index contributed by atoms with van der Waals surface area (Å²) in [6.07, 6.45) is -1.59. The smallest absolute Gasteiger partial charge is 0.303 e. The van der Waals surface area contributed by atoms with Gasteiger partial charge in [-0.25, -0.2) is 0 Å². The molecule has 0 amide bonds. The molecule has 0 aliphatic heterocycles. The second kappa shape index (κ2) is 8.50. The van der Waals surface area contributed by atoms with Crippen LogP contribution in [0.3, 0.4) is 0 Å². The molecule has 1 aliphatic carbocycles. The molecule has 1 aliphatic rings. The maximum atomic E-state index is 11.3. The molecule has 4 atom stereocenters. The van der Waals surface area contributed by atoms with Gasteiger partial charge in [0.1, 0.15) is 12.2 Å². The van der Waals surface area contributed by atoms with Crippen LogP contribution in [0.4, 0.5) is 0 Å². The summed E-state index contributed by atoms with van der Waals surface area (Å²) >= 11 is 0. The van der Waals surface area contributed by atoms with Crippen molar-refractivity contribution in [3.05, 3.63) is 0 Å². The van der Waals surface area contributed by atoms with Gasteiger partial charge in [-0.1, -0.05) is 0 Å². The topological polar surface area (TPSA) is 105 Å². The van der Waals surface area contributed by atoms with E-state index in [0.29, 0.717) is 12.8 Å². The summed E-state index contributed by atoms with van der Waals surface area (Å²) in [5.41, 5.74) is 0. The van der Waals surface area contributed by atoms with Gasteiger partial charge < -0.3 is 18.9 Å². The Hall–Kier alpha value is -2.12. The number of carbonyl (C=O) groups excluding carboxylic acids is 4. The van der Waals surface area contributed by atoms with E-state index in [-0.39, 0.29) is 12.5 Å². The molecule has 0 unspecified atom stereocenters. The average Bonchev–Trinajstić information content (AvgIpc) is 2.66. The Bertz CT molecular complexity index is 472.